The maximum Gasteiger partial charge on any atom is 0.130 e. The lowest BCUT2D eigenvalue weighted by Crippen LogP contribution is -1.95. The zero-order chi connectivity index (χ0) is 10.7. The first-order chi connectivity index (χ1) is 7.25. The third-order valence-corrected chi connectivity index (χ3v) is 2.25. The van der Waals surface area contributed by atoms with Crippen LogP contribution < -0.4 is 0 Å². The summed E-state index contributed by atoms with van der Waals surface area (Å²) in [5.41, 5.74) is 2.06. The fourth-order valence-corrected chi connectivity index (χ4v) is 1.42. The number of H-pyrrole nitrogens is 2. The van der Waals surface area contributed by atoms with E-state index in [-0.39, 0.29) is 5.78 Å². The largest absolute Gasteiger partial charge is 0.367 e. The van der Waals surface area contributed by atoms with Crippen molar-refractivity contribution in [1.29, 1.82) is 0 Å². The molecule has 0 amide bonds. The van der Waals surface area contributed by atoms with Crippen LogP contribution in [-0.4, -0.2) is 20.7 Å². The van der Waals surface area contributed by atoms with E-state index in [0.717, 1.165) is 17.1 Å². The van der Waals surface area contributed by atoms with Crippen LogP contribution in [0.3, 0.4) is 0 Å². The van der Waals surface area contributed by atoms with Crippen molar-refractivity contribution in [3.05, 3.63) is 30.5 Å². The lowest BCUT2D eigenvalue weighted by Gasteiger charge is -1.93. The number of carbonyl (C=O) groups is 1. The lowest BCUT2D eigenvalue weighted by atomic mass is 10.2. The molecule has 0 radical (unpaired) electrons. The van der Waals surface area contributed by atoms with Gasteiger partial charge in [0, 0.05) is 30.8 Å². The van der Waals surface area contributed by atoms with Gasteiger partial charge in [-0.3, -0.25) is 0 Å². The highest BCUT2D eigenvalue weighted by Gasteiger charge is 2.04. The molecule has 2 aromatic rings. The molecule has 2 N–H and O–H groups in total. The minimum atomic E-state index is 0.189. The number of nitrogens with zero attached hydrogens (tertiary/aromatic N) is 1. The van der Waals surface area contributed by atoms with Crippen LogP contribution in [0.25, 0.3) is 11.3 Å². The lowest BCUT2D eigenvalue weighted by molar-refractivity contribution is -0.117. The summed E-state index contributed by atoms with van der Waals surface area (Å²) in [6.45, 7) is 1.59. The summed E-state index contributed by atoms with van der Waals surface area (Å²) in [6, 6.07) is 1.97. The molecular formula is C11H13N3O. The van der Waals surface area contributed by atoms with Crippen molar-refractivity contribution >= 4 is 5.78 Å². The van der Waals surface area contributed by atoms with Crippen LogP contribution in [-0.2, 0) is 11.2 Å². The average Bonchev–Trinajstić information content (AvgIpc) is 2.85. The Morgan fingerprint density at radius 2 is 2.40 bits per heavy atom. The summed E-state index contributed by atoms with van der Waals surface area (Å²) in [4.78, 5) is 21.2. The highest BCUT2D eigenvalue weighted by Crippen LogP contribution is 2.15. The van der Waals surface area contributed by atoms with E-state index in [0.29, 0.717) is 12.8 Å². The Kier molecular flexibility index (Phi) is 2.67. The molecular weight excluding hydrogens is 190 g/mol. The summed E-state index contributed by atoms with van der Waals surface area (Å²) < 4.78 is 0. The van der Waals surface area contributed by atoms with E-state index in [1.165, 1.54) is 0 Å². The number of rotatable bonds is 4. The quantitative estimate of drug-likeness (QED) is 0.797. The van der Waals surface area contributed by atoms with Crippen molar-refractivity contribution in [1.82, 2.24) is 15.0 Å². The Labute approximate surface area is 87.7 Å². The van der Waals surface area contributed by atoms with Gasteiger partial charge in [0.1, 0.15) is 11.6 Å². The number of ketones is 1. The highest BCUT2D eigenvalue weighted by molar-refractivity contribution is 5.75. The standard InChI is InChI=1S/C11H13N3O/c1-8(15)2-3-11-13-7-10(14-11)9-4-5-12-6-9/h4-7,12H,2-3H2,1H3,(H,13,14). The van der Waals surface area contributed by atoms with Crippen LogP contribution in [0, 0.1) is 0 Å². The Hall–Kier alpha value is -1.84. The van der Waals surface area contributed by atoms with Gasteiger partial charge in [-0.1, -0.05) is 0 Å². The van der Waals surface area contributed by atoms with E-state index in [4.69, 9.17) is 0 Å². The molecule has 0 aromatic carbocycles. The molecule has 0 saturated carbocycles. The molecule has 0 fully saturated rings. The molecule has 0 atom stereocenters. The molecule has 4 nitrogen and oxygen atoms in total. The second kappa shape index (κ2) is 4.13. The second-order valence-corrected chi connectivity index (χ2v) is 3.55. The Morgan fingerprint density at radius 3 is 3.07 bits per heavy atom. The van der Waals surface area contributed by atoms with E-state index in [2.05, 4.69) is 15.0 Å². The van der Waals surface area contributed by atoms with Gasteiger partial charge in [0.05, 0.1) is 11.9 Å². The van der Waals surface area contributed by atoms with E-state index in [9.17, 15) is 4.79 Å². The third-order valence-electron chi connectivity index (χ3n) is 2.25. The van der Waals surface area contributed by atoms with Gasteiger partial charge in [-0.05, 0) is 13.0 Å². The van der Waals surface area contributed by atoms with Crippen molar-refractivity contribution in [3.63, 3.8) is 0 Å². The fourth-order valence-electron chi connectivity index (χ4n) is 1.42. The minimum Gasteiger partial charge on any atom is -0.367 e. The highest BCUT2D eigenvalue weighted by atomic mass is 16.1. The minimum absolute atomic E-state index is 0.189. The van der Waals surface area contributed by atoms with Gasteiger partial charge >= 0.3 is 0 Å². The molecule has 2 heterocycles. The molecule has 15 heavy (non-hydrogen) atoms. The number of hydrogen-bond acceptors (Lipinski definition) is 2. The van der Waals surface area contributed by atoms with Gasteiger partial charge in [0.2, 0.25) is 0 Å². The van der Waals surface area contributed by atoms with Crippen molar-refractivity contribution < 1.29 is 4.79 Å². The molecule has 0 aliphatic heterocycles. The van der Waals surface area contributed by atoms with E-state index in [1.54, 1.807) is 13.1 Å². The van der Waals surface area contributed by atoms with Crippen LogP contribution in [0.1, 0.15) is 19.2 Å². The number of aryl methyl sites for hydroxylation is 1. The van der Waals surface area contributed by atoms with Crippen LogP contribution in [0.2, 0.25) is 0 Å². The van der Waals surface area contributed by atoms with Crippen molar-refractivity contribution in [2.75, 3.05) is 0 Å². The van der Waals surface area contributed by atoms with Gasteiger partial charge in [0.15, 0.2) is 0 Å². The van der Waals surface area contributed by atoms with Crippen LogP contribution in [0.5, 0.6) is 0 Å². The molecule has 0 saturated heterocycles. The number of imidazole rings is 1. The molecule has 4 heteroatoms. The summed E-state index contributed by atoms with van der Waals surface area (Å²) >= 11 is 0. The SMILES string of the molecule is CC(=O)CCc1ncc(-c2cc[nH]c2)[nH]1. The molecule has 0 aliphatic carbocycles. The van der Waals surface area contributed by atoms with Crippen LogP contribution >= 0.6 is 0 Å². The monoisotopic (exact) mass is 203 g/mol. The Bertz CT molecular complexity index is 442. The molecule has 78 valence electrons. The third kappa shape index (κ3) is 2.34. The fraction of sp³-hybridized carbons (Fsp3) is 0.273. The van der Waals surface area contributed by atoms with Crippen molar-refractivity contribution in [3.8, 4) is 11.3 Å². The molecule has 2 rings (SSSR count). The van der Waals surface area contributed by atoms with Crippen molar-refractivity contribution in [2.45, 2.75) is 19.8 Å². The second-order valence-electron chi connectivity index (χ2n) is 3.55. The van der Waals surface area contributed by atoms with Gasteiger partial charge in [0.25, 0.3) is 0 Å². The summed E-state index contributed by atoms with van der Waals surface area (Å²) in [5.74, 6) is 1.05. The normalized spacial score (nSPS) is 10.5. The summed E-state index contributed by atoms with van der Waals surface area (Å²) in [5, 5.41) is 0. The van der Waals surface area contributed by atoms with Crippen LogP contribution in [0.4, 0.5) is 0 Å². The first kappa shape index (κ1) is 9.71. The van der Waals surface area contributed by atoms with Gasteiger partial charge in [-0.2, -0.15) is 0 Å². The number of Topliss-reactive ketones (excluding diaryl/α,β-unsaturated/α-hetero) is 1. The molecule has 0 bridgehead atoms. The smallest absolute Gasteiger partial charge is 0.130 e. The van der Waals surface area contributed by atoms with Gasteiger partial charge in [-0.25, -0.2) is 4.98 Å². The first-order valence-corrected chi connectivity index (χ1v) is 4.92. The number of aromatic amines is 2. The maximum atomic E-state index is 10.8. The van der Waals surface area contributed by atoms with E-state index < -0.39 is 0 Å². The Balaban J connectivity index is 2.08. The van der Waals surface area contributed by atoms with E-state index in [1.807, 2.05) is 18.5 Å². The van der Waals surface area contributed by atoms with E-state index >= 15 is 0 Å². The first-order valence-electron chi connectivity index (χ1n) is 4.92. The summed E-state index contributed by atoms with van der Waals surface area (Å²) in [6.07, 6.45) is 6.78. The Morgan fingerprint density at radius 1 is 1.53 bits per heavy atom. The van der Waals surface area contributed by atoms with Gasteiger partial charge < -0.3 is 14.8 Å². The number of nitrogens with one attached hydrogen (secondary N) is 2. The predicted molar refractivity (Wildman–Crippen MR) is 57.4 cm³/mol. The number of aromatic nitrogens is 3. The molecule has 0 unspecified atom stereocenters. The molecule has 2 aromatic heterocycles. The van der Waals surface area contributed by atoms with Crippen LogP contribution in [0.15, 0.2) is 24.7 Å². The van der Waals surface area contributed by atoms with Crippen molar-refractivity contribution in [2.24, 2.45) is 0 Å². The van der Waals surface area contributed by atoms with Gasteiger partial charge in [-0.15, -0.1) is 0 Å². The number of carbonyl (C=O) groups excluding carboxylic acids is 1. The maximum absolute atomic E-state index is 10.8. The predicted octanol–water partition coefficient (Wildman–Crippen LogP) is 1.93. The number of hydrogen-bond donors (Lipinski definition) is 2. The average molecular weight is 203 g/mol. The zero-order valence-electron chi connectivity index (χ0n) is 8.58. The summed E-state index contributed by atoms with van der Waals surface area (Å²) in [7, 11) is 0. The topological polar surface area (TPSA) is 61.5 Å². The zero-order valence-corrected chi connectivity index (χ0v) is 8.58. The molecule has 0 aliphatic rings. The molecule has 0 spiro atoms.